The molecule has 5 heteroatoms. The average Bonchev–Trinajstić information content (AvgIpc) is 2.32. The Morgan fingerprint density at radius 2 is 2.24 bits per heavy atom. The van der Waals surface area contributed by atoms with Crippen LogP contribution in [0.3, 0.4) is 0 Å². The van der Waals surface area contributed by atoms with E-state index in [1.165, 1.54) is 12.7 Å². The van der Waals surface area contributed by atoms with Crippen LogP contribution in [0.25, 0.3) is 0 Å². The van der Waals surface area contributed by atoms with Crippen LogP contribution in [0.1, 0.15) is 18.9 Å². The Bertz CT molecular complexity index is 392. The SMILES string of the molecule is Cc1c(N)ncnc1N(C)[C@H]1CNCC[C@H]1C. The smallest absolute Gasteiger partial charge is 0.137 e. The van der Waals surface area contributed by atoms with E-state index in [1.807, 2.05) is 6.92 Å². The van der Waals surface area contributed by atoms with Gasteiger partial charge in [0, 0.05) is 25.2 Å². The van der Waals surface area contributed by atoms with Gasteiger partial charge in [0.2, 0.25) is 0 Å². The summed E-state index contributed by atoms with van der Waals surface area (Å²) in [5.41, 5.74) is 6.79. The van der Waals surface area contributed by atoms with Gasteiger partial charge in [0.05, 0.1) is 0 Å². The molecule has 0 radical (unpaired) electrons. The zero-order chi connectivity index (χ0) is 12.4. The number of nitrogen functional groups attached to an aromatic ring is 1. The predicted octanol–water partition coefficient (Wildman–Crippen LogP) is 0.801. The van der Waals surface area contributed by atoms with Crippen LogP contribution in [0.5, 0.6) is 0 Å². The van der Waals surface area contributed by atoms with Crippen molar-refractivity contribution in [2.45, 2.75) is 26.3 Å². The molecule has 0 saturated carbocycles. The lowest BCUT2D eigenvalue weighted by molar-refractivity contribution is 0.337. The molecule has 17 heavy (non-hydrogen) atoms. The molecule has 94 valence electrons. The minimum Gasteiger partial charge on any atom is -0.383 e. The first kappa shape index (κ1) is 12.1. The molecule has 2 atom stereocenters. The second kappa shape index (κ2) is 4.87. The molecule has 5 nitrogen and oxygen atoms in total. The number of hydrogen-bond acceptors (Lipinski definition) is 5. The second-order valence-corrected chi connectivity index (χ2v) is 4.86. The van der Waals surface area contributed by atoms with Crippen molar-refractivity contribution in [3.8, 4) is 0 Å². The van der Waals surface area contributed by atoms with Crippen molar-refractivity contribution >= 4 is 11.6 Å². The fraction of sp³-hybridized carbons (Fsp3) is 0.667. The number of aromatic nitrogens is 2. The van der Waals surface area contributed by atoms with E-state index < -0.39 is 0 Å². The first-order valence-electron chi connectivity index (χ1n) is 6.12. The van der Waals surface area contributed by atoms with Crippen molar-refractivity contribution in [2.24, 2.45) is 5.92 Å². The van der Waals surface area contributed by atoms with Gasteiger partial charge in [0.25, 0.3) is 0 Å². The number of nitrogens with one attached hydrogen (secondary N) is 1. The van der Waals surface area contributed by atoms with Crippen LogP contribution >= 0.6 is 0 Å². The molecule has 2 heterocycles. The molecule has 2 rings (SSSR count). The Morgan fingerprint density at radius 3 is 2.94 bits per heavy atom. The van der Waals surface area contributed by atoms with Crippen molar-refractivity contribution in [3.63, 3.8) is 0 Å². The van der Waals surface area contributed by atoms with Gasteiger partial charge in [-0.15, -0.1) is 0 Å². The van der Waals surface area contributed by atoms with Gasteiger partial charge in [-0.05, 0) is 25.8 Å². The maximum Gasteiger partial charge on any atom is 0.137 e. The van der Waals surface area contributed by atoms with E-state index in [1.54, 1.807) is 0 Å². The summed E-state index contributed by atoms with van der Waals surface area (Å²) in [6.45, 7) is 6.38. The number of rotatable bonds is 2. The van der Waals surface area contributed by atoms with Crippen LogP contribution < -0.4 is 16.0 Å². The third kappa shape index (κ3) is 2.34. The number of likely N-dealkylation sites (N-methyl/N-ethyl adjacent to an activating group) is 1. The van der Waals surface area contributed by atoms with E-state index in [-0.39, 0.29) is 0 Å². The molecule has 0 bridgehead atoms. The van der Waals surface area contributed by atoms with E-state index in [0.29, 0.717) is 17.8 Å². The van der Waals surface area contributed by atoms with Crippen LogP contribution in [-0.4, -0.2) is 36.1 Å². The predicted molar refractivity (Wildman–Crippen MR) is 70.0 cm³/mol. The first-order valence-corrected chi connectivity index (χ1v) is 6.12. The van der Waals surface area contributed by atoms with E-state index in [0.717, 1.165) is 24.5 Å². The third-order valence-corrected chi connectivity index (χ3v) is 3.71. The summed E-state index contributed by atoms with van der Waals surface area (Å²) in [6.07, 6.45) is 2.74. The molecule has 1 saturated heterocycles. The van der Waals surface area contributed by atoms with Crippen molar-refractivity contribution in [3.05, 3.63) is 11.9 Å². The van der Waals surface area contributed by atoms with Crippen molar-refractivity contribution in [1.29, 1.82) is 0 Å². The highest BCUT2D eigenvalue weighted by atomic mass is 15.2. The Morgan fingerprint density at radius 1 is 1.47 bits per heavy atom. The van der Waals surface area contributed by atoms with Gasteiger partial charge in [-0.1, -0.05) is 6.92 Å². The molecule has 1 aromatic heterocycles. The fourth-order valence-corrected chi connectivity index (χ4v) is 2.46. The van der Waals surface area contributed by atoms with Crippen molar-refractivity contribution < 1.29 is 0 Å². The highest BCUT2D eigenvalue weighted by molar-refractivity contribution is 5.55. The van der Waals surface area contributed by atoms with E-state index in [4.69, 9.17) is 5.73 Å². The Kier molecular flexibility index (Phi) is 3.47. The molecule has 3 N–H and O–H groups in total. The molecule has 0 aromatic carbocycles. The largest absolute Gasteiger partial charge is 0.383 e. The molecular formula is C12H21N5. The number of nitrogens with two attached hydrogens (primary N) is 1. The molecular weight excluding hydrogens is 214 g/mol. The lowest BCUT2D eigenvalue weighted by atomic mass is 9.93. The molecule has 0 spiro atoms. The van der Waals surface area contributed by atoms with Gasteiger partial charge in [-0.3, -0.25) is 0 Å². The molecule has 1 aliphatic rings. The van der Waals surface area contributed by atoms with Crippen molar-refractivity contribution in [1.82, 2.24) is 15.3 Å². The highest BCUT2D eigenvalue weighted by Crippen LogP contribution is 2.25. The maximum atomic E-state index is 5.83. The summed E-state index contributed by atoms with van der Waals surface area (Å²) in [6, 6.07) is 0.469. The fourth-order valence-electron chi connectivity index (χ4n) is 2.46. The summed E-state index contributed by atoms with van der Waals surface area (Å²) in [5.74, 6) is 2.17. The Hall–Kier alpha value is -1.36. The quantitative estimate of drug-likeness (QED) is 0.793. The molecule has 0 aliphatic carbocycles. The van der Waals surface area contributed by atoms with Crippen LogP contribution in [0.4, 0.5) is 11.6 Å². The monoisotopic (exact) mass is 235 g/mol. The highest BCUT2D eigenvalue weighted by Gasteiger charge is 2.26. The standard InChI is InChI=1S/C12H21N5/c1-8-4-5-14-6-10(8)17(3)12-9(2)11(13)15-7-16-12/h7-8,10,14H,4-6H2,1-3H3,(H2,13,15,16)/t8-,10+/m1/s1. The van der Waals surface area contributed by atoms with Gasteiger partial charge in [-0.2, -0.15) is 0 Å². The lowest BCUT2D eigenvalue weighted by Gasteiger charge is -2.37. The molecule has 0 amide bonds. The molecule has 0 unspecified atom stereocenters. The maximum absolute atomic E-state index is 5.83. The second-order valence-electron chi connectivity index (χ2n) is 4.86. The van der Waals surface area contributed by atoms with Crippen molar-refractivity contribution in [2.75, 3.05) is 30.8 Å². The van der Waals surface area contributed by atoms with E-state index >= 15 is 0 Å². The zero-order valence-electron chi connectivity index (χ0n) is 10.8. The van der Waals surface area contributed by atoms with Crippen LogP contribution in [0, 0.1) is 12.8 Å². The summed E-state index contributed by atoms with van der Waals surface area (Å²) in [4.78, 5) is 10.6. The van der Waals surface area contributed by atoms with Gasteiger partial charge in [0.15, 0.2) is 0 Å². The topological polar surface area (TPSA) is 67.1 Å². The average molecular weight is 235 g/mol. The minimum absolute atomic E-state index is 0.469. The normalized spacial score (nSPS) is 24.6. The lowest BCUT2D eigenvalue weighted by Crippen LogP contribution is -2.49. The van der Waals surface area contributed by atoms with Gasteiger partial charge < -0.3 is 16.0 Å². The van der Waals surface area contributed by atoms with Gasteiger partial charge in [-0.25, -0.2) is 9.97 Å². The van der Waals surface area contributed by atoms with Gasteiger partial charge >= 0.3 is 0 Å². The summed E-state index contributed by atoms with van der Waals surface area (Å²) in [7, 11) is 2.09. The first-order chi connectivity index (χ1) is 8.11. The number of hydrogen-bond donors (Lipinski definition) is 2. The van der Waals surface area contributed by atoms with E-state index in [9.17, 15) is 0 Å². The molecule has 1 aliphatic heterocycles. The summed E-state index contributed by atoms with van der Waals surface area (Å²) < 4.78 is 0. The molecule has 1 fully saturated rings. The summed E-state index contributed by atoms with van der Waals surface area (Å²) >= 11 is 0. The number of nitrogens with zero attached hydrogens (tertiary/aromatic N) is 3. The summed E-state index contributed by atoms with van der Waals surface area (Å²) in [5, 5.41) is 3.43. The number of piperidine rings is 1. The third-order valence-electron chi connectivity index (χ3n) is 3.71. The van der Waals surface area contributed by atoms with Crippen LogP contribution in [0.15, 0.2) is 6.33 Å². The zero-order valence-corrected chi connectivity index (χ0v) is 10.8. The Balaban J connectivity index is 2.23. The minimum atomic E-state index is 0.469. The van der Waals surface area contributed by atoms with Crippen LogP contribution in [0.2, 0.25) is 0 Å². The van der Waals surface area contributed by atoms with Gasteiger partial charge in [0.1, 0.15) is 18.0 Å². The number of anilines is 2. The van der Waals surface area contributed by atoms with E-state index in [2.05, 4.69) is 34.2 Å². The molecule has 1 aromatic rings. The van der Waals surface area contributed by atoms with Crippen LogP contribution in [-0.2, 0) is 0 Å². The Labute approximate surface area is 102 Å².